The topological polar surface area (TPSA) is 53.3 Å². The minimum absolute atomic E-state index is 0.0262. The third-order valence-electron chi connectivity index (χ3n) is 3.14. The van der Waals surface area contributed by atoms with Crippen LogP contribution in [0.4, 0.5) is 4.79 Å². The molecule has 94 valence electrons. The number of benzene rings is 1. The van der Waals surface area contributed by atoms with E-state index in [1.165, 1.54) is 0 Å². The summed E-state index contributed by atoms with van der Waals surface area (Å²) in [6, 6.07) is 11.7. The highest BCUT2D eigenvalue weighted by atomic mass is 16.6. The van der Waals surface area contributed by atoms with Gasteiger partial charge in [-0.25, -0.2) is 4.79 Å². The predicted octanol–water partition coefficient (Wildman–Crippen LogP) is 2.70. The molecule has 1 saturated heterocycles. The summed E-state index contributed by atoms with van der Waals surface area (Å²) in [5.74, 6) is 0. The van der Waals surface area contributed by atoms with E-state index in [1.807, 2.05) is 30.3 Å². The summed E-state index contributed by atoms with van der Waals surface area (Å²) in [6.45, 7) is 0.982. The van der Waals surface area contributed by atoms with Crippen molar-refractivity contribution in [1.82, 2.24) is 4.90 Å². The molecule has 0 spiro atoms. The molecule has 0 radical (unpaired) electrons. The molecule has 1 heterocycles. The van der Waals surface area contributed by atoms with Crippen molar-refractivity contribution in [3.05, 3.63) is 35.9 Å². The van der Waals surface area contributed by atoms with E-state index < -0.39 is 0 Å². The Hall–Kier alpha value is -2.02. The van der Waals surface area contributed by atoms with Crippen molar-refractivity contribution in [3.8, 4) is 6.07 Å². The molecule has 1 aromatic carbocycles. The van der Waals surface area contributed by atoms with Crippen LogP contribution in [0.25, 0.3) is 0 Å². The highest BCUT2D eigenvalue weighted by Gasteiger charge is 2.29. The Morgan fingerprint density at radius 2 is 2.22 bits per heavy atom. The number of hydrogen-bond acceptors (Lipinski definition) is 3. The number of nitrogens with zero attached hydrogens (tertiary/aromatic N) is 2. The summed E-state index contributed by atoms with van der Waals surface area (Å²) < 4.78 is 5.27. The second-order valence-corrected chi connectivity index (χ2v) is 4.39. The molecule has 0 N–H and O–H groups in total. The minimum atomic E-state index is -0.309. The van der Waals surface area contributed by atoms with Gasteiger partial charge in [0.1, 0.15) is 6.61 Å². The average molecular weight is 244 g/mol. The number of amides is 1. The van der Waals surface area contributed by atoms with Crippen molar-refractivity contribution in [3.63, 3.8) is 0 Å². The van der Waals surface area contributed by atoms with Crippen molar-refractivity contribution in [2.45, 2.75) is 31.9 Å². The van der Waals surface area contributed by atoms with Gasteiger partial charge in [-0.1, -0.05) is 30.3 Å². The molecule has 0 aliphatic carbocycles. The number of ether oxygens (including phenoxy) is 1. The summed E-state index contributed by atoms with van der Waals surface area (Å²) in [4.78, 5) is 13.6. The van der Waals surface area contributed by atoms with Crippen molar-refractivity contribution < 1.29 is 9.53 Å². The minimum Gasteiger partial charge on any atom is -0.445 e. The first-order chi connectivity index (χ1) is 8.81. The SMILES string of the molecule is N#CC[C@H]1CCCN1C(=O)OCc1ccccc1. The molecule has 0 aromatic heterocycles. The van der Waals surface area contributed by atoms with Gasteiger partial charge in [0, 0.05) is 12.6 Å². The van der Waals surface area contributed by atoms with Crippen molar-refractivity contribution in [2.24, 2.45) is 0 Å². The van der Waals surface area contributed by atoms with Crippen LogP contribution in [-0.4, -0.2) is 23.6 Å². The summed E-state index contributed by atoms with van der Waals surface area (Å²) in [5, 5.41) is 8.71. The molecule has 1 fully saturated rings. The maximum Gasteiger partial charge on any atom is 0.410 e. The van der Waals surface area contributed by atoms with Crippen LogP contribution >= 0.6 is 0 Å². The van der Waals surface area contributed by atoms with Crippen LogP contribution in [0.15, 0.2) is 30.3 Å². The van der Waals surface area contributed by atoms with Gasteiger partial charge >= 0.3 is 6.09 Å². The maximum absolute atomic E-state index is 11.9. The van der Waals surface area contributed by atoms with Crippen LogP contribution in [0.2, 0.25) is 0 Å². The zero-order valence-electron chi connectivity index (χ0n) is 10.2. The van der Waals surface area contributed by atoms with Crippen molar-refractivity contribution in [2.75, 3.05) is 6.54 Å². The number of carbonyl (C=O) groups excluding carboxylic acids is 1. The van der Waals surface area contributed by atoms with E-state index in [4.69, 9.17) is 10.00 Å². The van der Waals surface area contributed by atoms with E-state index in [9.17, 15) is 4.79 Å². The van der Waals surface area contributed by atoms with Gasteiger partial charge in [0.25, 0.3) is 0 Å². The van der Waals surface area contributed by atoms with Gasteiger partial charge in [0.05, 0.1) is 12.5 Å². The van der Waals surface area contributed by atoms with Gasteiger partial charge in [0.15, 0.2) is 0 Å². The Balaban J connectivity index is 1.86. The first kappa shape index (κ1) is 12.4. The highest BCUT2D eigenvalue weighted by Crippen LogP contribution is 2.20. The van der Waals surface area contributed by atoms with E-state index in [-0.39, 0.29) is 18.7 Å². The zero-order chi connectivity index (χ0) is 12.8. The van der Waals surface area contributed by atoms with Crippen LogP contribution in [0.3, 0.4) is 0 Å². The molecular formula is C14H16N2O2. The van der Waals surface area contributed by atoms with Crippen LogP contribution < -0.4 is 0 Å². The van der Waals surface area contributed by atoms with E-state index in [0.717, 1.165) is 18.4 Å². The van der Waals surface area contributed by atoms with E-state index in [0.29, 0.717) is 13.0 Å². The van der Waals surface area contributed by atoms with Crippen LogP contribution in [0.5, 0.6) is 0 Å². The van der Waals surface area contributed by atoms with Crippen LogP contribution in [0.1, 0.15) is 24.8 Å². The maximum atomic E-state index is 11.9. The van der Waals surface area contributed by atoms with Gasteiger partial charge in [0.2, 0.25) is 0 Å². The van der Waals surface area contributed by atoms with E-state index in [1.54, 1.807) is 4.90 Å². The van der Waals surface area contributed by atoms with Gasteiger partial charge in [-0.05, 0) is 18.4 Å². The molecule has 1 atom stereocenters. The second kappa shape index (κ2) is 6.06. The lowest BCUT2D eigenvalue weighted by Crippen LogP contribution is -2.35. The molecule has 4 heteroatoms. The van der Waals surface area contributed by atoms with Crippen LogP contribution in [-0.2, 0) is 11.3 Å². The van der Waals surface area contributed by atoms with Crippen LogP contribution in [0, 0.1) is 11.3 Å². The summed E-state index contributed by atoms with van der Waals surface area (Å²) in [6.07, 6.45) is 1.93. The highest BCUT2D eigenvalue weighted by molar-refractivity contribution is 5.68. The van der Waals surface area contributed by atoms with Gasteiger partial charge < -0.3 is 9.64 Å². The Morgan fingerprint density at radius 1 is 1.44 bits per heavy atom. The molecule has 1 aromatic rings. The quantitative estimate of drug-likeness (QED) is 0.821. The fourth-order valence-electron chi connectivity index (χ4n) is 2.20. The fraction of sp³-hybridized carbons (Fsp3) is 0.429. The Labute approximate surface area is 107 Å². The van der Waals surface area contributed by atoms with Gasteiger partial charge in [-0.2, -0.15) is 5.26 Å². The first-order valence-corrected chi connectivity index (χ1v) is 6.15. The van der Waals surface area contributed by atoms with Gasteiger partial charge in [-0.15, -0.1) is 0 Å². The number of hydrogen-bond donors (Lipinski definition) is 0. The molecule has 1 amide bonds. The molecule has 0 bridgehead atoms. The summed E-state index contributed by atoms with van der Waals surface area (Å²) in [7, 11) is 0. The molecule has 1 aliphatic rings. The number of carbonyl (C=O) groups is 1. The number of likely N-dealkylation sites (tertiary alicyclic amines) is 1. The van der Waals surface area contributed by atoms with Crippen molar-refractivity contribution in [1.29, 1.82) is 5.26 Å². The standard InChI is InChI=1S/C14H16N2O2/c15-9-8-13-7-4-10-16(13)14(17)18-11-12-5-2-1-3-6-12/h1-3,5-6,13H,4,7-8,10-11H2/t13-/m1/s1. The summed E-state index contributed by atoms with van der Waals surface area (Å²) >= 11 is 0. The molecule has 0 unspecified atom stereocenters. The lowest BCUT2D eigenvalue weighted by molar-refractivity contribution is 0.0927. The lowest BCUT2D eigenvalue weighted by atomic mass is 10.2. The second-order valence-electron chi connectivity index (χ2n) is 4.39. The van der Waals surface area contributed by atoms with E-state index >= 15 is 0 Å². The normalized spacial score (nSPS) is 18.4. The van der Waals surface area contributed by atoms with E-state index in [2.05, 4.69) is 6.07 Å². The smallest absolute Gasteiger partial charge is 0.410 e. The molecular weight excluding hydrogens is 228 g/mol. The lowest BCUT2D eigenvalue weighted by Gasteiger charge is -2.22. The molecule has 1 aliphatic heterocycles. The van der Waals surface area contributed by atoms with Crippen molar-refractivity contribution >= 4 is 6.09 Å². The molecule has 2 rings (SSSR count). The Morgan fingerprint density at radius 3 is 2.94 bits per heavy atom. The third-order valence-corrected chi connectivity index (χ3v) is 3.14. The predicted molar refractivity (Wildman–Crippen MR) is 66.6 cm³/mol. The monoisotopic (exact) mass is 244 g/mol. The molecule has 4 nitrogen and oxygen atoms in total. The Bertz CT molecular complexity index is 439. The number of rotatable bonds is 3. The summed E-state index contributed by atoms with van der Waals surface area (Å²) in [5.41, 5.74) is 0.974. The Kier molecular flexibility index (Phi) is 4.19. The number of nitriles is 1. The fourth-order valence-corrected chi connectivity index (χ4v) is 2.20. The average Bonchev–Trinajstić information content (AvgIpc) is 2.86. The molecule has 18 heavy (non-hydrogen) atoms. The molecule has 0 saturated carbocycles. The first-order valence-electron chi connectivity index (χ1n) is 6.15. The zero-order valence-corrected chi connectivity index (χ0v) is 10.2. The largest absolute Gasteiger partial charge is 0.445 e. The van der Waals surface area contributed by atoms with Gasteiger partial charge in [-0.3, -0.25) is 0 Å². The third kappa shape index (κ3) is 3.01.